The summed E-state index contributed by atoms with van der Waals surface area (Å²) >= 11 is 2.95. The van der Waals surface area contributed by atoms with E-state index in [4.69, 9.17) is 5.73 Å². The SMILES string of the molecule is CN(Cc1ccccn1)S(=O)(=O)c1cc(N)cc(Br)c1F. The third kappa shape index (κ3) is 3.39. The van der Waals surface area contributed by atoms with Gasteiger partial charge in [-0.1, -0.05) is 6.07 Å². The maximum absolute atomic E-state index is 14.1. The van der Waals surface area contributed by atoms with Gasteiger partial charge in [0, 0.05) is 18.9 Å². The van der Waals surface area contributed by atoms with E-state index in [1.165, 1.54) is 13.1 Å². The lowest BCUT2D eigenvalue weighted by molar-refractivity contribution is 0.455. The van der Waals surface area contributed by atoms with Crippen molar-refractivity contribution >= 4 is 31.6 Å². The van der Waals surface area contributed by atoms with Crippen LogP contribution in [0.1, 0.15) is 5.69 Å². The molecular formula is C13H13BrFN3O2S. The van der Waals surface area contributed by atoms with Crippen LogP contribution in [0.15, 0.2) is 45.9 Å². The topological polar surface area (TPSA) is 76.3 Å². The first-order valence-corrected chi connectivity index (χ1v) is 8.16. The van der Waals surface area contributed by atoms with E-state index in [1.807, 2.05) is 0 Å². The lowest BCUT2D eigenvalue weighted by atomic mass is 10.3. The number of hydrogen-bond donors (Lipinski definition) is 1. The Morgan fingerprint density at radius 1 is 1.38 bits per heavy atom. The molecule has 0 aliphatic rings. The summed E-state index contributed by atoms with van der Waals surface area (Å²) in [5.74, 6) is -0.864. The highest BCUT2D eigenvalue weighted by Gasteiger charge is 2.26. The van der Waals surface area contributed by atoms with Crippen LogP contribution >= 0.6 is 15.9 Å². The maximum atomic E-state index is 14.1. The number of anilines is 1. The van der Waals surface area contributed by atoms with Gasteiger partial charge in [-0.05, 0) is 40.2 Å². The Labute approximate surface area is 130 Å². The highest BCUT2D eigenvalue weighted by Crippen LogP contribution is 2.28. The molecule has 1 aromatic carbocycles. The van der Waals surface area contributed by atoms with Crippen LogP contribution < -0.4 is 5.73 Å². The van der Waals surface area contributed by atoms with E-state index >= 15 is 0 Å². The summed E-state index contributed by atoms with van der Waals surface area (Å²) in [5.41, 5.74) is 6.31. The lowest BCUT2D eigenvalue weighted by Crippen LogP contribution is -2.27. The number of nitrogens with two attached hydrogens (primary N) is 1. The first kappa shape index (κ1) is 15.9. The molecule has 0 bridgehead atoms. The molecule has 0 radical (unpaired) electrons. The number of benzene rings is 1. The highest BCUT2D eigenvalue weighted by atomic mass is 79.9. The summed E-state index contributed by atoms with van der Waals surface area (Å²) in [7, 11) is -2.64. The molecule has 0 fully saturated rings. The normalized spacial score (nSPS) is 11.8. The number of nitrogens with zero attached hydrogens (tertiary/aromatic N) is 2. The molecular weight excluding hydrogens is 361 g/mol. The summed E-state index contributed by atoms with van der Waals surface area (Å²) in [6, 6.07) is 7.59. The van der Waals surface area contributed by atoms with Gasteiger partial charge in [0.15, 0.2) is 5.82 Å². The predicted octanol–water partition coefficient (Wildman–Crippen LogP) is 2.39. The Morgan fingerprint density at radius 2 is 2.10 bits per heavy atom. The first-order valence-electron chi connectivity index (χ1n) is 5.93. The van der Waals surface area contributed by atoms with Gasteiger partial charge in [0.25, 0.3) is 0 Å². The van der Waals surface area contributed by atoms with Gasteiger partial charge in [0.1, 0.15) is 4.90 Å². The van der Waals surface area contributed by atoms with Crippen molar-refractivity contribution < 1.29 is 12.8 Å². The van der Waals surface area contributed by atoms with E-state index in [0.717, 1.165) is 10.4 Å². The van der Waals surface area contributed by atoms with Crippen molar-refractivity contribution in [1.82, 2.24) is 9.29 Å². The minimum Gasteiger partial charge on any atom is -0.399 e. The van der Waals surface area contributed by atoms with Crippen LogP contribution in [0.25, 0.3) is 0 Å². The summed E-state index contributed by atoms with van der Waals surface area (Å²) in [6.07, 6.45) is 1.56. The van der Waals surface area contributed by atoms with Crippen molar-refractivity contribution in [2.24, 2.45) is 0 Å². The van der Waals surface area contributed by atoms with E-state index < -0.39 is 20.7 Å². The molecule has 2 rings (SSSR count). The standard InChI is InChI=1S/C13H13BrFN3O2S/c1-18(8-10-4-2-3-5-17-10)21(19,20)12-7-9(16)6-11(14)13(12)15/h2-7H,8,16H2,1H3. The molecule has 0 spiro atoms. The van der Waals surface area contributed by atoms with Crippen molar-refractivity contribution in [3.63, 3.8) is 0 Å². The first-order chi connectivity index (χ1) is 9.82. The van der Waals surface area contributed by atoms with Crippen LogP contribution in [-0.4, -0.2) is 24.8 Å². The van der Waals surface area contributed by atoms with Crippen LogP contribution in [0.2, 0.25) is 0 Å². The van der Waals surface area contributed by atoms with Gasteiger partial charge >= 0.3 is 0 Å². The maximum Gasteiger partial charge on any atom is 0.246 e. The van der Waals surface area contributed by atoms with E-state index in [-0.39, 0.29) is 16.7 Å². The summed E-state index contributed by atoms with van der Waals surface area (Å²) in [6.45, 7) is 0.0367. The predicted molar refractivity (Wildman–Crippen MR) is 81.4 cm³/mol. The molecule has 0 amide bonds. The largest absolute Gasteiger partial charge is 0.399 e. The summed E-state index contributed by atoms with van der Waals surface area (Å²) < 4.78 is 40.0. The van der Waals surface area contributed by atoms with E-state index in [2.05, 4.69) is 20.9 Å². The average molecular weight is 374 g/mol. The summed E-state index contributed by atoms with van der Waals surface area (Å²) in [5, 5.41) is 0. The lowest BCUT2D eigenvalue weighted by Gasteiger charge is -2.18. The van der Waals surface area contributed by atoms with Crippen molar-refractivity contribution in [2.75, 3.05) is 12.8 Å². The van der Waals surface area contributed by atoms with Gasteiger partial charge in [0.2, 0.25) is 10.0 Å². The number of halogens is 2. The molecule has 0 aliphatic carbocycles. The molecule has 112 valence electrons. The van der Waals surface area contributed by atoms with Gasteiger partial charge in [-0.2, -0.15) is 4.31 Å². The van der Waals surface area contributed by atoms with Gasteiger partial charge in [-0.15, -0.1) is 0 Å². The molecule has 1 aromatic heterocycles. The van der Waals surface area contributed by atoms with E-state index in [1.54, 1.807) is 24.4 Å². The molecule has 5 nitrogen and oxygen atoms in total. The molecule has 1 heterocycles. The van der Waals surface area contributed by atoms with Crippen molar-refractivity contribution in [1.29, 1.82) is 0 Å². The van der Waals surface area contributed by atoms with Gasteiger partial charge in [-0.25, -0.2) is 12.8 Å². The Bertz CT molecular complexity index is 754. The number of pyridine rings is 1. The molecule has 2 aromatic rings. The Balaban J connectivity index is 2.38. The molecule has 2 N–H and O–H groups in total. The average Bonchev–Trinajstić information content (AvgIpc) is 2.43. The number of sulfonamides is 1. The van der Waals surface area contributed by atoms with Crippen molar-refractivity contribution in [3.8, 4) is 0 Å². The third-order valence-corrected chi connectivity index (χ3v) is 5.20. The molecule has 0 unspecified atom stereocenters. The minimum atomic E-state index is -4.00. The molecule has 0 atom stereocenters. The number of hydrogen-bond acceptors (Lipinski definition) is 4. The number of nitrogen functional groups attached to an aromatic ring is 1. The Hall–Kier alpha value is -1.51. The molecule has 8 heteroatoms. The second-order valence-corrected chi connectivity index (χ2v) is 7.26. The summed E-state index contributed by atoms with van der Waals surface area (Å²) in [4.78, 5) is 3.58. The van der Waals surface area contributed by atoms with Crippen LogP contribution in [-0.2, 0) is 16.6 Å². The second-order valence-electron chi connectivity index (χ2n) is 4.40. The zero-order valence-corrected chi connectivity index (χ0v) is 13.5. The third-order valence-electron chi connectivity index (χ3n) is 2.82. The van der Waals surface area contributed by atoms with Crippen LogP contribution in [0.5, 0.6) is 0 Å². The van der Waals surface area contributed by atoms with E-state index in [9.17, 15) is 12.8 Å². The quantitative estimate of drug-likeness (QED) is 0.834. The fourth-order valence-electron chi connectivity index (χ4n) is 1.74. The smallest absolute Gasteiger partial charge is 0.246 e. The van der Waals surface area contributed by atoms with Gasteiger partial charge in [-0.3, -0.25) is 4.98 Å². The molecule has 0 saturated carbocycles. The van der Waals surface area contributed by atoms with Crippen LogP contribution in [0, 0.1) is 5.82 Å². The number of rotatable bonds is 4. The van der Waals surface area contributed by atoms with Gasteiger partial charge < -0.3 is 5.73 Å². The van der Waals surface area contributed by atoms with Crippen LogP contribution in [0.3, 0.4) is 0 Å². The zero-order valence-electron chi connectivity index (χ0n) is 11.1. The second kappa shape index (κ2) is 6.08. The van der Waals surface area contributed by atoms with E-state index in [0.29, 0.717) is 5.69 Å². The monoisotopic (exact) mass is 373 g/mol. The fraction of sp³-hybridized carbons (Fsp3) is 0.154. The molecule has 21 heavy (non-hydrogen) atoms. The molecule has 0 saturated heterocycles. The van der Waals surface area contributed by atoms with Gasteiger partial charge in [0.05, 0.1) is 16.7 Å². The fourth-order valence-corrected chi connectivity index (χ4v) is 3.61. The Kier molecular flexibility index (Phi) is 4.60. The minimum absolute atomic E-state index is 0.00677. The Morgan fingerprint density at radius 3 is 2.71 bits per heavy atom. The van der Waals surface area contributed by atoms with Crippen molar-refractivity contribution in [3.05, 3.63) is 52.5 Å². The highest BCUT2D eigenvalue weighted by molar-refractivity contribution is 9.10. The van der Waals surface area contributed by atoms with Crippen molar-refractivity contribution in [2.45, 2.75) is 11.4 Å². The van der Waals surface area contributed by atoms with Crippen LogP contribution in [0.4, 0.5) is 10.1 Å². The zero-order chi connectivity index (χ0) is 15.6. The molecule has 0 aliphatic heterocycles. The number of aromatic nitrogens is 1.